The summed E-state index contributed by atoms with van der Waals surface area (Å²) in [4.78, 5) is 23.5. The third-order valence-corrected chi connectivity index (χ3v) is 6.69. The van der Waals surface area contributed by atoms with E-state index in [1.54, 1.807) is 42.5 Å². The Kier molecular flexibility index (Phi) is 7.18. The number of carbonyl (C=O) groups is 1. The molecule has 33 heavy (non-hydrogen) atoms. The molecule has 4 N–H and O–H groups in total. The number of benzene rings is 1. The van der Waals surface area contributed by atoms with Gasteiger partial charge in [-0.25, -0.2) is 24.6 Å². The SMILES string of the molecule is CSc1c(Cl)nc(-c2ccc(C3(NNC(N)=O)C=CC=CC3F)cc2)nc1N1CCOCC1. The van der Waals surface area contributed by atoms with Gasteiger partial charge in [-0.3, -0.25) is 5.43 Å². The average molecular weight is 491 g/mol. The van der Waals surface area contributed by atoms with E-state index in [-0.39, 0.29) is 0 Å². The summed E-state index contributed by atoms with van der Waals surface area (Å²) in [7, 11) is 0. The number of ether oxygens (including phenoxy) is 1. The second kappa shape index (κ2) is 10.1. The summed E-state index contributed by atoms with van der Waals surface area (Å²) >= 11 is 8.01. The molecule has 0 saturated carbocycles. The van der Waals surface area contributed by atoms with Gasteiger partial charge in [0.15, 0.2) is 5.82 Å². The van der Waals surface area contributed by atoms with Gasteiger partial charge < -0.3 is 15.4 Å². The molecular weight excluding hydrogens is 467 g/mol. The van der Waals surface area contributed by atoms with Crippen molar-refractivity contribution in [3.05, 3.63) is 59.3 Å². The smallest absolute Gasteiger partial charge is 0.326 e. The maximum Gasteiger partial charge on any atom is 0.326 e. The number of urea groups is 1. The Morgan fingerprint density at radius 2 is 2.00 bits per heavy atom. The van der Waals surface area contributed by atoms with Crippen LogP contribution < -0.4 is 21.5 Å². The highest BCUT2D eigenvalue weighted by Gasteiger charge is 2.39. The summed E-state index contributed by atoms with van der Waals surface area (Å²) in [5, 5.41) is 0.381. The fraction of sp³-hybridized carbons (Fsp3) is 0.318. The summed E-state index contributed by atoms with van der Waals surface area (Å²) in [6, 6.07) is 6.31. The minimum atomic E-state index is -1.43. The van der Waals surface area contributed by atoms with Gasteiger partial charge in [-0.15, -0.1) is 11.8 Å². The molecule has 2 aromatic rings. The number of rotatable bonds is 6. The number of morpholine rings is 1. The van der Waals surface area contributed by atoms with Crippen molar-refractivity contribution < 1.29 is 13.9 Å². The zero-order valence-electron chi connectivity index (χ0n) is 17.9. The maximum absolute atomic E-state index is 15.0. The van der Waals surface area contributed by atoms with E-state index >= 15 is 4.39 Å². The first kappa shape index (κ1) is 23.5. The summed E-state index contributed by atoms with van der Waals surface area (Å²) in [6.45, 7) is 2.69. The quantitative estimate of drug-likeness (QED) is 0.324. The van der Waals surface area contributed by atoms with Gasteiger partial charge in [0.25, 0.3) is 0 Å². The number of hydrazine groups is 1. The van der Waals surface area contributed by atoms with Gasteiger partial charge in [0, 0.05) is 18.7 Å². The Bertz CT molecular complexity index is 1080. The molecule has 2 unspecified atom stereocenters. The molecular formula is C22H24ClFN6O2S. The Balaban J connectivity index is 1.69. The number of nitrogens with two attached hydrogens (primary N) is 1. The van der Waals surface area contributed by atoms with E-state index in [9.17, 15) is 4.79 Å². The van der Waals surface area contributed by atoms with Gasteiger partial charge in [0.2, 0.25) is 0 Å². The van der Waals surface area contributed by atoms with Crippen LogP contribution in [0.5, 0.6) is 0 Å². The monoisotopic (exact) mass is 490 g/mol. The van der Waals surface area contributed by atoms with Crippen molar-refractivity contribution in [1.29, 1.82) is 0 Å². The van der Waals surface area contributed by atoms with E-state index in [1.165, 1.54) is 17.8 Å². The van der Waals surface area contributed by atoms with Crippen LogP contribution in [-0.2, 0) is 10.3 Å². The number of alkyl halides is 1. The predicted octanol–water partition coefficient (Wildman–Crippen LogP) is 3.19. The second-order valence-corrected chi connectivity index (χ2v) is 8.68. The molecule has 11 heteroatoms. The number of amides is 2. The van der Waals surface area contributed by atoms with Crippen molar-refractivity contribution in [2.45, 2.75) is 16.6 Å². The highest BCUT2D eigenvalue weighted by Crippen LogP contribution is 2.36. The first-order valence-corrected chi connectivity index (χ1v) is 11.9. The van der Waals surface area contributed by atoms with Crippen LogP contribution in [0.3, 0.4) is 0 Å². The van der Waals surface area contributed by atoms with E-state index in [0.29, 0.717) is 29.8 Å². The van der Waals surface area contributed by atoms with Crippen molar-refractivity contribution in [3.8, 4) is 11.4 Å². The topological polar surface area (TPSA) is 105 Å². The molecule has 1 aliphatic carbocycles. The van der Waals surface area contributed by atoms with Crippen LogP contribution in [-0.4, -0.2) is 54.7 Å². The molecule has 0 spiro atoms. The number of nitrogens with one attached hydrogen (secondary N) is 2. The van der Waals surface area contributed by atoms with Crippen molar-refractivity contribution in [1.82, 2.24) is 20.8 Å². The van der Waals surface area contributed by atoms with Gasteiger partial charge in [0.05, 0.1) is 18.1 Å². The van der Waals surface area contributed by atoms with Gasteiger partial charge in [-0.1, -0.05) is 54.1 Å². The van der Waals surface area contributed by atoms with E-state index < -0.39 is 17.7 Å². The van der Waals surface area contributed by atoms with Gasteiger partial charge in [-0.05, 0) is 17.9 Å². The number of hydrogen-bond acceptors (Lipinski definition) is 7. The van der Waals surface area contributed by atoms with E-state index in [4.69, 9.17) is 27.1 Å². The number of thioether (sulfide) groups is 1. The van der Waals surface area contributed by atoms with Crippen molar-refractivity contribution in [3.63, 3.8) is 0 Å². The Morgan fingerprint density at radius 3 is 2.64 bits per heavy atom. The normalized spacial score (nSPS) is 22.4. The van der Waals surface area contributed by atoms with Crippen LogP contribution >= 0.6 is 23.4 Å². The van der Waals surface area contributed by atoms with Crippen LogP contribution in [0.4, 0.5) is 15.0 Å². The zero-order valence-corrected chi connectivity index (χ0v) is 19.5. The molecule has 2 atom stereocenters. The van der Waals surface area contributed by atoms with E-state index in [0.717, 1.165) is 29.4 Å². The standard InChI is InChI=1S/C22H24ClFN6O2S/c1-33-17-18(23)26-19(27-20(17)30-10-12-32-13-11-30)14-5-7-15(8-6-14)22(29-28-21(25)31)9-3-2-4-16(22)24/h2-9,16,29H,10-13H2,1H3,(H3,25,28,31). The van der Waals surface area contributed by atoms with Gasteiger partial charge in [0.1, 0.15) is 22.7 Å². The van der Waals surface area contributed by atoms with E-state index in [1.807, 2.05) is 6.26 Å². The number of nitrogens with zero attached hydrogens (tertiary/aromatic N) is 3. The molecule has 1 saturated heterocycles. The summed E-state index contributed by atoms with van der Waals surface area (Å²) in [5.41, 5.74) is 10.2. The summed E-state index contributed by atoms with van der Waals surface area (Å²) < 4.78 is 20.5. The summed E-state index contributed by atoms with van der Waals surface area (Å²) in [5.74, 6) is 1.25. The lowest BCUT2D eigenvalue weighted by Gasteiger charge is -2.35. The Hall–Kier alpha value is -2.66. The fourth-order valence-electron chi connectivity index (χ4n) is 3.82. The van der Waals surface area contributed by atoms with Crippen molar-refractivity contribution in [2.24, 2.45) is 5.73 Å². The zero-order chi connectivity index (χ0) is 23.4. The average Bonchev–Trinajstić information content (AvgIpc) is 2.84. The fourth-order valence-corrected chi connectivity index (χ4v) is 4.78. The number of anilines is 1. The molecule has 4 rings (SSSR count). The van der Waals surface area contributed by atoms with Crippen molar-refractivity contribution >= 4 is 35.2 Å². The number of primary amides is 1. The molecule has 1 fully saturated rings. The van der Waals surface area contributed by atoms with Gasteiger partial charge in [-0.2, -0.15) is 0 Å². The maximum atomic E-state index is 15.0. The molecule has 0 radical (unpaired) electrons. The number of carbonyl (C=O) groups excluding carboxylic acids is 1. The first-order valence-electron chi connectivity index (χ1n) is 10.3. The minimum Gasteiger partial charge on any atom is -0.378 e. The molecule has 1 aliphatic heterocycles. The first-order chi connectivity index (χ1) is 15.9. The lowest BCUT2D eigenvalue weighted by atomic mass is 9.82. The minimum absolute atomic E-state index is 0.381. The molecule has 1 aromatic heterocycles. The number of hydrogen-bond donors (Lipinski definition) is 3. The van der Waals surface area contributed by atoms with Crippen LogP contribution in [0.1, 0.15) is 5.56 Å². The highest BCUT2D eigenvalue weighted by molar-refractivity contribution is 7.98. The molecule has 2 heterocycles. The van der Waals surface area contributed by atoms with Crippen LogP contribution in [0.2, 0.25) is 5.15 Å². The van der Waals surface area contributed by atoms with Crippen LogP contribution in [0.25, 0.3) is 11.4 Å². The molecule has 8 nitrogen and oxygen atoms in total. The molecule has 174 valence electrons. The molecule has 0 bridgehead atoms. The number of allylic oxidation sites excluding steroid dienone is 2. The Labute approximate surface area is 200 Å². The van der Waals surface area contributed by atoms with E-state index in [2.05, 4.69) is 20.7 Å². The van der Waals surface area contributed by atoms with Crippen LogP contribution in [0.15, 0.2) is 53.5 Å². The lowest BCUT2D eigenvalue weighted by molar-refractivity contribution is 0.122. The third kappa shape index (κ3) is 4.84. The van der Waals surface area contributed by atoms with Crippen LogP contribution in [0, 0.1) is 0 Å². The summed E-state index contributed by atoms with van der Waals surface area (Å²) in [6.07, 6.45) is 6.87. The number of aromatic nitrogens is 2. The Morgan fingerprint density at radius 1 is 1.27 bits per heavy atom. The van der Waals surface area contributed by atoms with Crippen molar-refractivity contribution in [2.75, 3.05) is 37.5 Å². The largest absolute Gasteiger partial charge is 0.378 e. The van der Waals surface area contributed by atoms with Gasteiger partial charge >= 0.3 is 6.03 Å². The highest BCUT2D eigenvalue weighted by atomic mass is 35.5. The molecule has 2 amide bonds. The lowest BCUT2D eigenvalue weighted by Crippen LogP contribution is -2.57. The third-order valence-electron chi connectivity index (χ3n) is 5.52. The predicted molar refractivity (Wildman–Crippen MR) is 128 cm³/mol. The molecule has 2 aliphatic rings. The number of halogens is 2. The molecule has 1 aromatic carbocycles. The second-order valence-electron chi connectivity index (χ2n) is 7.50.